The summed E-state index contributed by atoms with van der Waals surface area (Å²) in [5.74, 6) is 1.22. The Kier molecular flexibility index (Phi) is 7.98. The maximum absolute atomic E-state index is 5.88. The van der Waals surface area contributed by atoms with Gasteiger partial charge in [0.25, 0.3) is 0 Å². The smallest absolute Gasteiger partial charge is 0.0234 e. The van der Waals surface area contributed by atoms with E-state index in [9.17, 15) is 0 Å². The minimum atomic E-state index is 0.487. The van der Waals surface area contributed by atoms with Crippen molar-refractivity contribution in [1.82, 2.24) is 4.90 Å². The molecule has 0 spiro atoms. The molecule has 0 amide bonds. The number of benzene rings is 1. The molecule has 0 aliphatic heterocycles. The molecule has 0 saturated carbocycles. The van der Waals surface area contributed by atoms with E-state index in [1.165, 1.54) is 24.2 Å². The lowest BCUT2D eigenvalue weighted by Gasteiger charge is -2.27. The fraction of sp³-hybridized carbons (Fsp3) is 0.571. The van der Waals surface area contributed by atoms with Crippen molar-refractivity contribution in [3.8, 4) is 0 Å². The van der Waals surface area contributed by atoms with E-state index >= 15 is 0 Å². The highest BCUT2D eigenvalue weighted by atomic mass is 79.9. The zero-order valence-corrected chi connectivity index (χ0v) is 13.6. The van der Waals surface area contributed by atoms with Gasteiger partial charge in [-0.25, -0.2) is 0 Å². The summed E-state index contributed by atoms with van der Waals surface area (Å²) in [4.78, 5) is 2.36. The van der Waals surface area contributed by atoms with Crippen LogP contribution < -0.4 is 5.73 Å². The van der Waals surface area contributed by atoms with Crippen molar-refractivity contribution in [3.05, 3.63) is 34.3 Å². The number of likely N-dealkylation sites (N-methyl/N-ethyl adjacent to an activating group) is 1. The molecule has 0 aliphatic carbocycles. The fourth-order valence-corrected chi connectivity index (χ4v) is 2.71. The molecule has 0 fully saturated rings. The molecule has 1 unspecified atom stereocenters. The van der Waals surface area contributed by atoms with Crippen LogP contribution in [0.3, 0.4) is 0 Å². The van der Waals surface area contributed by atoms with Gasteiger partial charge in [-0.1, -0.05) is 28.1 Å². The average Bonchev–Trinajstić information content (AvgIpc) is 2.37. The SMILES string of the molecule is CSCCCC(CN)N(C)Cc1ccc(Br)cc1. The van der Waals surface area contributed by atoms with Crippen molar-refractivity contribution in [3.63, 3.8) is 0 Å². The van der Waals surface area contributed by atoms with Gasteiger partial charge in [0.15, 0.2) is 0 Å². The molecule has 0 heterocycles. The maximum Gasteiger partial charge on any atom is 0.0234 e. The van der Waals surface area contributed by atoms with Gasteiger partial charge in [0, 0.05) is 23.6 Å². The number of nitrogens with zero attached hydrogens (tertiary/aromatic N) is 1. The summed E-state index contributed by atoms with van der Waals surface area (Å²) in [7, 11) is 2.17. The normalized spacial score (nSPS) is 12.9. The van der Waals surface area contributed by atoms with Crippen LogP contribution in [-0.4, -0.2) is 36.5 Å². The monoisotopic (exact) mass is 330 g/mol. The van der Waals surface area contributed by atoms with E-state index in [0.717, 1.165) is 17.6 Å². The van der Waals surface area contributed by atoms with Crippen LogP contribution >= 0.6 is 27.7 Å². The van der Waals surface area contributed by atoms with Gasteiger partial charge >= 0.3 is 0 Å². The van der Waals surface area contributed by atoms with Crippen LogP contribution in [0.15, 0.2) is 28.7 Å². The van der Waals surface area contributed by atoms with E-state index in [1.807, 2.05) is 11.8 Å². The summed E-state index contributed by atoms with van der Waals surface area (Å²) in [6.07, 6.45) is 4.58. The van der Waals surface area contributed by atoms with Crippen LogP contribution in [-0.2, 0) is 6.54 Å². The molecule has 0 aliphatic rings. The topological polar surface area (TPSA) is 29.3 Å². The molecule has 2 nitrogen and oxygen atoms in total. The van der Waals surface area contributed by atoms with Crippen molar-refractivity contribution < 1.29 is 0 Å². The van der Waals surface area contributed by atoms with E-state index in [1.54, 1.807) is 0 Å². The summed E-state index contributed by atoms with van der Waals surface area (Å²) in [6.45, 7) is 1.70. The van der Waals surface area contributed by atoms with E-state index in [4.69, 9.17) is 5.73 Å². The van der Waals surface area contributed by atoms with Gasteiger partial charge < -0.3 is 5.73 Å². The number of halogens is 1. The van der Waals surface area contributed by atoms with E-state index in [2.05, 4.69) is 58.4 Å². The average molecular weight is 331 g/mol. The third kappa shape index (κ3) is 5.74. The van der Waals surface area contributed by atoms with Crippen molar-refractivity contribution >= 4 is 27.7 Å². The molecule has 1 atom stereocenters. The summed E-state index contributed by atoms with van der Waals surface area (Å²) >= 11 is 5.37. The van der Waals surface area contributed by atoms with Gasteiger partial charge in [-0.2, -0.15) is 11.8 Å². The number of rotatable bonds is 8. The predicted octanol–water partition coefficient (Wildman–Crippen LogP) is 3.35. The van der Waals surface area contributed by atoms with Gasteiger partial charge in [0.1, 0.15) is 0 Å². The first kappa shape index (κ1) is 16.0. The Morgan fingerprint density at radius 2 is 2.00 bits per heavy atom. The molecule has 0 saturated heterocycles. The second-order valence-corrected chi connectivity index (χ2v) is 6.47. The number of nitrogens with two attached hydrogens (primary N) is 1. The van der Waals surface area contributed by atoms with Gasteiger partial charge in [-0.15, -0.1) is 0 Å². The van der Waals surface area contributed by atoms with E-state index in [0.29, 0.717) is 6.04 Å². The molecule has 1 aromatic carbocycles. The lowest BCUT2D eigenvalue weighted by atomic mass is 10.1. The molecule has 102 valence electrons. The molecule has 4 heteroatoms. The van der Waals surface area contributed by atoms with Crippen LogP contribution in [0, 0.1) is 0 Å². The van der Waals surface area contributed by atoms with Crippen LogP contribution in [0.2, 0.25) is 0 Å². The van der Waals surface area contributed by atoms with Crippen LogP contribution in [0.25, 0.3) is 0 Å². The highest BCUT2D eigenvalue weighted by molar-refractivity contribution is 9.10. The first-order valence-corrected chi connectivity index (χ1v) is 8.49. The highest BCUT2D eigenvalue weighted by Crippen LogP contribution is 2.14. The predicted molar refractivity (Wildman–Crippen MR) is 86.1 cm³/mol. The molecule has 1 aromatic rings. The highest BCUT2D eigenvalue weighted by Gasteiger charge is 2.12. The summed E-state index contributed by atoms with van der Waals surface area (Å²) in [6, 6.07) is 9.00. The number of thioether (sulfide) groups is 1. The Balaban J connectivity index is 2.45. The van der Waals surface area contributed by atoms with Crippen molar-refractivity contribution in [1.29, 1.82) is 0 Å². The minimum absolute atomic E-state index is 0.487. The molecule has 18 heavy (non-hydrogen) atoms. The molecular weight excluding hydrogens is 308 g/mol. The van der Waals surface area contributed by atoms with Crippen molar-refractivity contribution in [2.75, 3.05) is 25.6 Å². The van der Waals surface area contributed by atoms with Crippen LogP contribution in [0.4, 0.5) is 0 Å². The van der Waals surface area contributed by atoms with Gasteiger partial charge in [0.05, 0.1) is 0 Å². The Hall–Kier alpha value is -0.0300. The Morgan fingerprint density at radius 1 is 1.33 bits per heavy atom. The Morgan fingerprint density at radius 3 is 2.56 bits per heavy atom. The Bertz CT molecular complexity index is 329. The first-order valence-electron chi connectivity index (χ1n) is 6.31. The third-order valence-electron chi connectivity index (χ3n) is 3.13. The van der Waals surface area contributed by atoms with Crippen molar-refractivity contribution in [2.24, 2.45) is 5.73 Å². The number of hydrogen-bond acceptors (Lipinski definition) is 3. The Labute approximate surface area is 123 Å². The fourth-order valence-electron chi connectivity index (χ4n) is 1.99. The van der Waals surface area contributed by atoms with Crippen LogP contribution in [0.1, 0.15) is 18.4 Å². The summed E-state index contributed by atoms with van der Waals surface area (Å²) < 4.78 is 1.13. The van der Waals surface area contributed by atoms with Gasteiger partial charge in [0.2, 0.25) is 0 Å². The largest absolute Gasteiger partial charge is 0.329 e. The molecular formula is C14H23BrN2S. The number of hydrogen-bond donors (Lipinski definition) is 1. The second-order valence-electron chi connectivity index (χ2n) is 4.57. The van der Waals surface area contributed by atoms with Crippen LogP contribution in [0.5, 0.6) is 0 Å². The lowest BCUT2D eigenvalue weighted by molar-refractivity contribution is 0.226. The zero-order valence-electron chi connectivity index (χ0n) is 11.2. The molecule has 0 aromatic heterocycles. The molecule has 1 rings (SSSR count). The zero-order chi connectivity index (χ0) is 13.4. The van der Waals surface area contributed by atoms with Gasteiger partial charge in [-0.05, 0) is 49.6 Å². The summed E-state index contributed by atoms with van der Waals surface area (Å²) in [5, 5.41) is 0. The van der Waals surface area contributed by atoms with E-state index < -0.39 is 0 Å². The van der Waals surface area contributed by atoms with Crippen molar-refractivity contribution in [2.45, 2.75) is 25.4 Å². The third-order valence-corrected chi connectivity index (χ3v) is 4.35. The summed E-state index contributed by atoms with van der Waals surface area (Å²) in [5.41, 5.74) is 7.21. The van der Waals surface area contributed by atoms with Gasteiger partial charge in [-0.3, -0.25) is 4.90 Å². The van der Waals surface area contributed by atoms with E-state index in [-0.39, 0.29) is 0 Å². The molecule has 0 radical (unpaired) electrons. The lowest BCUT2D eigenvalue weighted by Crippen LogP contribution is -2.37. The standard InChI is InChI=1S/C14H23BrN2S/c1-17(14(10-16)4-3-9-18-2)11-12-5-7-13(15)8-6-12/h5-8,14H,3-4,9-11,16H2,1-2H3. The quantitative estimate of drug-likeness (QED) is 0.741. The minimum Gasteiger partial charge on any atom is -0.329 e. The maximum atomic E-state index is 5.88. The molecule has 2 N–H and O–H groups in total. The molecule has 0 bridgehead atoms. The first-order chi connectivity index (χ1) is 8.67. The second kappa shape index (κ2) is 8.97.